The fourth-order valence-electron chi connectivity index (χ4n) is 3.17. The van der Waals surface area contributed by atoms with Gasteiger partial charge in [-0.3, -0.25) is 4.79 Å². The normalized spacial score (nSPS) is 10.7. The van der Waals surface area contributed by atoms with Gasteiger partial charge < -0.3 is 15.0 Å². The lowest BCUT2D eigenvalue weighted by Crippen LogP contribution is -2.21. The molecule has 152 valence electrons. The predicted molar refractivity (Wildman–Crippen MR) is 122 cm³/mol. The number of nitrogens with zero attached hydrogens (tertiary/aromatic N) is 3. The van der Waals surface area contributed by atoms with Gasteiger partial charge in [-0.2, -0.15) is 0 Å². The number of anilines is 2. The first-order valence-electron chi connectivity index (χ1n) is 9.80. The summed E-state index contributed by atoms with van der Waals surface area (Å²) in [4.78, 5) is 23.2. The number of thiophene rings is 1. The average Bonchev–Trinajstić information content (AvgIpc) is 3.26. The second kappa shape index (κ2) is 8.92. The van der Waals surface area contributed by atoms with Gasteiger partial charge in [-0.05, 0) is 73.8 Å². The number of ether oxygens (including phenoxy) is 1. The third kappa shape index (κ3) is 4.26. The van der Waals surface area contributed by atoms with Gasteiger partial charge in [0.2, 0.25) is 5.88 Å². The van der Waals surface area contributed by atoms with Crippen molar-refractivity contribution in [2.24, 2.45) is 0 Å². The van der Waals surface area contributed by atoms with Gasteiger partial charge >= 0.3 is 0 Å². The molecule has 30 heavy (non-hydrogen) atoms. The van der Waals surface area contributed by atoms with E-state index in [4.69, 9.17) is 4.74 Å². The number of carbonyl (C=O) groups is 1. The van der Waals surface area contributed by atoms with Crippen molar-refractivity contribution in [3.63, 3.8) is 0 Å². The van der Waals surface area contributed by atoms with Gasteiger partial charge in [0, 0.05) is 30.0 Å². The molecule has 1 amide bonds. The SMILES string of the molecule is CCN(CC)c1ccc(C(=O)Nc2ccc(Oc3ncnc4ccsc34)cc2)cc1. The van der Waals surface area contributed by atoms with Crippen molar-refractivity contribution in [2.45, 2.75) is 13.8 Å². The van der Waals surface area contributed by atoms with E-state index in [1.807, 2.05) is 47.8 Å². The highest BCUT2D eigenvalue weighted by molar-refractivity contribution is 7.17. The smallest absolute Gasteiger partial charge is 0.255 e. The molecule has 0 aliphatic rings. The van der Waals surface area contributed by atoms with Crippen LogP contribution >= 0.6 is 11.3 Å². The van der Waals surface area contributed by atoms with E-state index in [1.54, 1.807) is 12.1 Å². The predicted octanol–water partition coefficient (Wildman–Crippen LogP) is 5.58. The van der Waals surface area contributed by atoms with Crippen LogP contribution in [0.15, 0.2) is 66.3 Å². The van der Waals surface area contributed by atoms with Crippen molar-refractivity contribution in [3.8, 4) is 11.6 Å². The van der Waals surface area contributed by atoms with Gasteiger partial charge in [0.25, 0.3) is 5.91 Å². The zero-order chi connectivity index (χ0) is 20.9. The molecule has 0 atom stereocenters. The largest absolute Gasteiger partial charge is 0.437 e. The summed E-state index contributed by atoms with van der Waals surface area (Å²) >= 11 is 1.54. The van der Waals surface area contributed by atoms with Crippen molar-refractivity contribution in [1.29, 1.82) is 0 Å². The molecule has 2 aromatic carbocycles. The Morgan fingerprint density at radius 2 is 1.73 bits per heavy atom. The molecule has 2 heterocycles. The Hall–Kier alpha value is -3.45. The van der Waals surface area contributed by atoms with Crippen molar-refractivity contribution in [2.75, 3.05) is 23.3 Å². The van der Waals surface area contributed by atoms with Crippen molar-refractivity contribution in [1.82, 2.24) is 9.97 Å². The maximum Gasteiger partial charge on any atom is 0.255 e. The van der Waals surface area contributed by atoms with Crippen LogP contribution in [-0.4, -0.2) is 29.0 Å². The van der Waals surface area contributed by atoms with Gasteiger partial charge in [-0.1, -0.05) is 0 Å². The fraction of sp³-hybridized carbons (Fsp3) is 0.174. The first-order chi connectivity index (χ1) is 14.7. The number of rotatable bonds is 7. The Balaban J connectivity index is 1.42. The molecular formula is C23H22N4O2S. The third-order valence-electron chi connectivity index (χ3n) is 4.80. The minimum Gasteiger partial charge on any atom is -0.437 e. The van der Waals surface area contributed by atoms with Crippen LogP contribution in [0.4, 0.5) is 11.4 Å². The minimum absolute atomic E-state index is 0.147. The number of hydrogen-bond donors (Lipinski definition) is 1. The summed E-state index contributed by atoms with van der Waals surface area (Å²) in [5, 5.41) is 4.88. The molecule has 7 heteroatoms. The third-order valence-corrected chi connectivity index (χ3v) is 5.69. The van der Waals surface area contributed by atoms with E-state index >= 15 is 0 Å². The number of amides is 1. The van der Waals surface area contributed by atoms with Crippen molar-refractivity contribution < 1.29 is 9.53 Å². The summed E-state index contributed by atoms with van der Waals surface area (Å²) in [6.07, 6.45) is 1.49. The molecule has 0 fully saturated rings. The van der Waals surface area contributed by atoms with Crippen LogP contribution in [0.25, 0.3) is 10.2 Å². The van der Waals surface area contributed by atoms with E-state index in [-0.39, 0.29) is 5.91 Å². The van der Waals surface area contributed by atoms with Gasteiger partial charge in [0.05, 0.1) is 5.52 Å². The Labute approximate surface area is 179 Å². The van der Waals surface area contributed by atoms with Gasteiger partial charge in [-0.25, -0.2) is 9.97 Å². The van der Waals surface area contributed by atoms with E-state index in [2.05, 4.69) is 34.0 Å². The standard InChI is InChI=1S/C23H22N4O2S/c1-3-27(4-2)18-9-5-16(6-10-18)22(28)26-17-7-11-19(12-8-17)29-23-21-20(13-14-30-21)24-15-25-23/h5-15H,3-4H2,1-2H3,(H,26,28). The highest BCUT2D eigenvalue weighted by Crippen LogP contribution is 2.30. The molecule has 0 bridgehead atoms. The van der Waals surface area contributed by atoms with Crippen LogP contribution in [0.1, 0.15) is 24.2 Å². The molecule has 0 spiro atoms. The molecule has 0 saturated carbocycles. The zero-order valence-electron chi connectivity index (χ0n) is 16.8. The summed E-state index contributed by atoms with van der Waals surface area (Å²) in [6.45, 7) is 6.10. The van der Waals surface area contributed by atoms with Crippen molar-refractivity contribution in [3.05, 3.63) is 71.9 Å². The first kappa shape index (κ1) is 19.8. The maximum absolute atomic E-state index is 12.6. The minimum atomic E-state index is -0.147. The molecule has 0 aliphatic carbocycles. The lowest BCUT2D eigenvalue weighted by Gasteiger charge is -2.21. The monoisotopic (exact) mass is 418 g/mol. The van der Waals surface area contributed by atoms with E-state index in [0.717, 1.165) is 29.0 Å². The van der Waals surface area contributed by atoms with Gasteiger partial charge in [0.1, 0.15) is 16.8 Å². The first-order valence-corrected chi connectivity index (χ1v) is 10.7. The van der Waals surface area contributed by atoms with Crippen LogP contribution in [-0.2, 0) is 0 Å². The number of nitrogens with one attached hydrogen (secondary N) is 1. The molecule has 0 aliphatic heterocycles. The number of benzene rings is 2. The highest BCUT2D eigenvalue weighted by atomic mass is 32.1. The molecule has 0 unspecified atom stereocenters. The second-order valence-corrected chi connectivity index (χ2v) is 7.53. The van der Waals surface area contributed by atoms with Crippen LogP contribution in [0, 0.1) is 0 Å². The number of aromatic nitrogens is 2. The van der Waals surface area contributed by atoms with Gasteiger partial charge in [0.15, 0.2) is 0 Å². The zero-order valence-corrected chi connectivity index (χ0v) is 17.6. The number of fused-ring (bicyclic) bond motifs is 1. The molecule has 1 N–H and O–H groups in total. The highest BCUT2D eigenvalue weighted by Gasteiger charge is 2.10. The Kier molecular flexibility index (Phi) is 5.90. The van der Waals surface area contributed by atoms with Crippen molar-refractivity contribution >= 4 is 38.8 Å². The van der Waals surface area contributed by atoms with Crippen LogP contribution in [0.3, 0.4) is 0 Å². The average molecular weight is 419 g/mol. The Morgan fingerprint density at radius 3 is 2.43 bits per heavy atom. The topological polar surface area (TPSA) is 67.4 Å². The summed E-state index contributed by atoms with van der Waals surface area (Å²) < 4.78 is 6.80. The van der Waals surface area contributed by atoms with Crippen LogP contribution in [0.2, 0.25) is 0 Å². The Bertz CT molecular complexity index is 1140. The number of hydrogen-bond acceptors (Lipinski definition) is 6. The van der Waals surface area contributed by atoms with E-state index in [0.29, 0.717) is 22.9 Å². The number of carbonyl (C=O) groups excluding carboxylic acids is 1. The molecule has 0 saturated heterocycles. The summed E-state index contributed by atoms with van der Waals surface area (Å²) in [5.74, 6) is 1.02. The molecule has 0 radical (unpaired) electrons. The second-order valence-electron chi connectivity index (χ2n) is 6.61. The quantitative estimate of drug-likeness (QED) is 0.424. The van der Waals surface area contributed by atoms with Crippen LogP contribution in [0.5, 0.6) is 11.6 Å². The molecule has 4 rings (SSSR count). The van der Waals surface area contributed by atoms with E-state index < -0.39 is 0 Å². The molecule has 2 aromatic heterocycles. The fourth-order valence-corrected chi connectivity index (χ4v) is 3.94. The van der Waals surface area contributed by atoms with E-state index in [9.17, 15) is 4.79 Å². The van der Waals surface area contributed by atoms with Gasteiger partial charge in [-0.15, -0.1) is 11.3 Å². The van der Waals surface area contributed by atoms with E-state index in [1.165, 1.54) is 17.7 Å². The summed E-state index contributed by atoms with van der Waals surface area (Å²) in [5.41, 5.74) is 3.29. The Morgan fingerprint density at radius 1 is 1.00 bits per heavy atom. The van der Waals surface area contributed by atoms with Crippen LogP contribution < -0.4 is 15.0 Å². The molecule has 4 aromatic rings. The summed E-state index contributed by atoms with van der Waals surface area (Å²) in [7, 11) is 0. The lowest BCUT2D eigenvalue weighted by atomic mass is 10.1. The maximum atomic E-state index is 12.6. The molecule has 6 nitrogen and oxygen atoms in total. The summed E-state index contributed by atoms with van der Waals surface area (Å²) in [6, 6.07) is 16.8. The molecular weight excluding hydrogens is 396 g/mol. The lowest BCUT2D eigenvalue weighted by molar-refractivity contribution is 0.102.